The molecule has 0 fully saturated rings. The van der Waals surface area contributed by atoms with Crippen molar-refractivity contribution >= 4 is 11.8 Å². The average Bonchev–Trinajstić information content (AvgIpc) is 2.77. The van der Waals surface area contributed by atoms with Crippen molar-refractivity contribution in [3.05, 3.63) is 35.7 Å². The molecular formula is C14H16N2O3. The lowest BCUT2D eigenvalue weighted by Gasteiger charge is -2.04. The van der Waals surface area contributed by atoms with Crippen molar-refractivity contribution in [3.63, 3.8) is 0 Å². The van der Waals surface area contributed by atoms with E-state index >= 15 is 0 Å². The average molecular weight is 260 g/mol. The Bertz CT molecular complexity index is 625. The molecule has 0 atom stereocenters. The number of nitrogens with one attached hydrogen (secondary N) is 1. The molecule has 0 unspecified atom stereocenters. The number of rotatable bonds is 2. The molecule has 2 aromatic heterocycles. The maximum absolute atomic E-state index is 11.7. The van der Waals surface area contributed by atoms with E-state index in [0.717, 1.165) is 29.9 Å². The molecule has 1 N–H and O–H groups in total. The Balaban J connectivity index is 0.00000147. The van der Waals surface area contributed by atoms with Crippen LogP contribution in [0.2, 0.25) is 0 Å². The molecule has 0 aromatic carbocycles. The molecule has 3 heterocycles. The largest absolute Gasteiger partial charge is 0.460 e. The fourth-order valence-corrected chi connectivity index (χ4v) is 2.19. The molecular weight excluding hydrogens is 244 g/mol. The molecule has 0 aliphatic carbocycles. The van der Waals surface area contributed by atoms with Gasteiger partial charge in [0.05, 0.1) is 12.2 Å². The zero-order valence-corrected chi connectivity index (χ0v) is 10.6. The van der Waals surface area contributed by atoms with Gasteiger partial charge in [0.1, 0.15) is 11.6 Å². The van der Waals surface area contributed by atoms with Crippen molar-refractivity contribution in [1.82, 2.24) is 4.98 Å². The predicted octanol–water partition coefficient (Wildman–Crippen LogP) is 2.73. The van der Waals surface area contributed by atoms with Crippen LogP contribution in [0.3, 0.4) is 0 Å². The van der Waals surface area contributed by atoms with Crippen LogP contribution >= 0.6 is 0 Å². The number of pyridine rings is 1. The zero-order chi connectivity index (χ0) is 13.2. The zero-order valence-electron chi connectivity index (χ0n) is 10.6. The Hall–Kier alpha value is -2.30. The summed E-state index contributed by atoms with van der Waals surface area (Å²) in [6.07, 6.45) is 2.51. The molecule has 0 amide bonds. The van der Waals surface area contributed by atoms with Crippen LogP contribution in [-0.4, -0.2) is 24.1 Å². The second kappa shape index (κ2) is 4.76. The summed E-state index contributed by atoms with van der Waals surface area (Å²) in [5.41, 5.74) is 1.88. The summed E-state index contributed by atoms with van der Waals surface area (Å²) in [7, 11) is 0. The standard InChI is InChI=1S/C14H14N2O3.H2/c1-2-18-14(17)11-8-9-5-7-16-13-10(12(9)19-11)4-3-6-15-13;/h3-4,6,8H,2,5,7H2,1H3,(H,15,16);1H. The van der Waals surface area contributed by atoms with Crippen molar-refractivity contribution in [2.45, 2.75) is 13.3 Å². The molecule has 5 heteroatoms. The Kier molecular flexibility index (Phi) is 2.95. The molecule has 2 aromatic rings. The molecule has 0 bridgehead atoms. The predicted molar refractivity (Wildman–Crippen MR) is 72.2 cm³/mol. The minimum atomic E-state index is -0.422. The van der Waals surface area contributed by atoms with E-state index in [0.29, 0.717) is 12.4 Å². The van der Waals surface area contributed by atoms with Crippen molar-refractivity contribution in [2.24, 2.45) is 0 Å². The van der Waals surface area contributed by atoms with E-state index in [1.165, 1.54) is 0 Å². The lowest BCUT2D eigenvalue weighted by atomic mass is 10.1. The number of hydrogen-bond donors (Lipinski definition) is 1. The van der Waals surface area contributed by atoms with Gasteiger partial charge in [-0.15, -0.1) is 0 Å². The first-order chi connectivity index (χ1) is 9.29. The number of nitrogens with zero attached hydrogens (tertiary/aromatic N) is 1. The highest BCUT2D eigenvalue weighted by molar-refractivity contribution is 5.88. The summed E-state index contributed by atoms with van der Waals surface area (Å²) in [5, 5.41) is 3.24. The second-order valence-electron chi connectivity index (χ2n) is 4.26. The normalized spacial score (nSPS) is 12.9. The van der Waals surface area contributed by atoms with E-state index in [1.54, 1.807) is 19.2 Å². The molecule has 0 saturated carbocycles. The van der Waals surface area contributed by atoms with Crippen molar-refractivity contribution in [1.29, 1.82) is 0 Å². The third kappa shape index (κ3) is 2.07. The van der Waals surface area contributed by atoms with E-state index in [4.69, 9.17) is 9.15 Å². The molecule has 1 aliphatic heterocycles. The Morgan fingerprint density at radius 3 is 3.37 bits per heavy atom. The Morgan fingerprint density at radius 1 is 1.63 bits per heavy atom. The van der Waals surface area contributed by atoms with Crippen LogP contribution in [0.5, 0.6) is 0 Å². The maximum atomic E-state index is 11.7. The second-order valence-corrected chi connectivity index (χ2v) is 4.26. The monoisotopic (exact) mass is 260 g/mol. The highest BCUT2D eigenvalue weighted by Crippen LogP contribution is 2.34. The van der Waals surface area contributed by atoms with Gasteiger partial charge in [0.15, 0.2) is 0 Å². The van der Waals surface area contributed by atoms with E-state index < -0.39 is 5.97 Å². The van der Waals surface area contributed by atoms with Crippen molar-refractivity contribution in [2.75, 3.05) is 18.5 Å². The molecule has 1 aliphatic rings. The number of anilines is 1. The summed E-state index contributed by atoms with van der Waals surface area (Å²) in [5.74, 6) is 1.32. The molecule has 0 spiro atoms. The lowest BCUT2D eigenvalue weighted by molar-refractivity contribution is 0.0491. The van der Waals surface area contributed by atoms with Gasteiger partial charge >= 0.3 is 5.97 Å². The van der Waals surface area contributed by atoms with Gasteiger partial charge in [-0.3, -0.25) is 0 Å². The third-order valence-electron chi connectivity index (χ3n) is 3.02. The van der Waals surface area contributed by atoms with Crippen LogP contribution in [0.15, 0.2) is 28.8 Å². The van der Waals surface area contributed by atoms with Gasteiger partial charge in [0, 0.05) is 19.7 Å². The summed E-state index contributed by atoms with van der Waals surface area (Å²) in [6.45, 7) is 2.87. The van der Waals surface area contributed by atoms with Gasteiger partial charge in [-0.25, -0.2) is 9.78 Å². The minimum Gasteiger partial charge on any atom is -0.460 e. The van der Waals surface area contributed by atoms with E-state index in [1.807, 2.05) is 12.1 Å². The van der Waals surface area contributed by atoms with Crippen molar-refractivity contribution in [3.8, 4) is 11.3 Å². The SMILES string of the molecule is CCOC(=O)c1cc2c(o1)-c1cccnc1NCC2.[HH]. The van der Waals surface area contributed by atoms with Gasteiger partial charge in [0.25, 0.3) is 0 Å². The van der Waals surface area contributed by atoms with E-state index in [-0.39, 0.29) is 7.19 Å². The smallest absolute Gasteiger partial charge is 0.374 e. The number of fused-ring (bicyclic) bond motifs is 3. The van der Waals surface area contributed by atoms with Crippen LogP contribution in [0.25, 0.3) is 11.3 Å². The molecule has 19 heavy (non-hydrogen) atoms. The Labute approximate surface area is 112 Å². The van der Waals surface area contributed by atoms with Crippen LogP contribution in [0.4, 0.5) is 5.82 Å². The first kappa shape index (κ1) is 11.8. The van der Waals surface area contributed by atoms with Gasteiger partial charge in [0.2, 0.25) is 5.76 Å². The van der Waals surface area contributed by atoms with Gasteiger partial charge < -0.3 is 14.5 Å². The van der Waals surface area contributed by atoms with Crippen LogP contribution in [0, 0.1) is 0 Å². The first-order valence-electron chi connectivity index (χ1n) is 6.28. The van der Waals surface area contributed by atoms with Gasteiger partial charge in [-0.05, 0) is 31.5 Å². The first-order valence-corrected chi connectivity index (χ1v) is 6.28. The maximum Gasteiger partial charge on any atom is 0.374 e. The quantitative estimate of drug-likeness (QED) is 0.841. The number of ether oxygens (including phenoxy) is 1. The summed E-state index contributed by atoms with van der Waals surface area (Å²) in [6, 6.07) is 5.54. The van der Waals surface area contributed by atoms with Crippen LogP contribution in [-0.2, 0) is 11.2 Å². The lowest BCUT2D eigenvalue weighted by Crippen LogP contribution is -2.05. The molecule has 100 valence electrons. The summed E-state index contributed by atoms with van der Waals surface area (Å²) < 4.78 is 10.6. The topological polar surface area (TPSA) is 64.4 Å². The van der Waals surface area contributed by atoms with E-state index in [2.05, 4.69) is 10.3 Å². The molecule has 0 saturated heterocycles. The Morgan fingerprint density at radius 2 is 2.53 bits per heavy atom. The van der Waals surface area contributed by atoms with E-state index in [9.17, 15) is 4.79 Å². The molecule has 3 rings (SSSR count). The fraction of sp³-hybridized carbons (Fsp3) is 0.286. The van der Waals surface area contributed by atoms with Gasteiger partial charge in [-0.1, -0.05) is 0 Å². The third-order valence-corrected chi connectivity index (χ3v) is 3.02. The van der Waals surface area contributed by atoms with Crippen molar-refractivity contribution < 1.29 is 15.4 Å². The highest BCUT2D eigenvalue weighted by atomic mass is 16.5. The fourth-order valence-electron chi connectivity index (χ4n) is 2.19. The van der Waals surface area contributed by atoms with Gasteiger partial charge in [-0.2, -0.15) is 0 Å². The number of furan rings is 1. The van der Waals surface area contributed by atoms with Crippen LogP contribution in [0.1, 0.15) is 24.5 Å². The summed E-state index contributed by atoms with van der Waals surface area (Å²) >= 11 is 0. The highest BCUT2D eigenvalue weighted by Gasteiger charge is 2.22. The molecule has 5 nitrogen and oxygen atoms in total. The minimum absolute atomic E-state index is 0. The summed E-state index contributed by atoms with van der Waals surface area (Å²) in [4.78, 5) is 16.0. The molecule has 0 radical (unpaired) electrons. The number of carbonyl (C=O) groups excluding carboxylic acids is 1. The number of aromatic nitrogens is 1. The number of esters is 1. The number of hydrogen-bond acceptors (Lipinski definition) is 5. The number of carbonyl (C=O) groups is 1. The van der Waals surface area contributed by atoms with Crippen LogP contribution < -0.4 is 5.32 Å².